The highest BCUT2D eigenvalue weighted by molar-refractivity contribution is 5.76. The molecule has 3 amide bonds. The van der Waals surface area contributed by atoms with Gasteiger partial charge in [-0.1, -0.05) is 52.9 Å². The lowest BCUT2D eigenvalue weighted by Crippen LogP contribution is -2.41. The van der Waals surface area contributed by atoms with Gasteiger partial charge in [0.15, 0.2) is 0 Å². The average Bonchev–Trinajstić information content (AvgIpc) is 3.03. The molecular formula is C33H65N3O9. The van der Waals surface area contributed by atoms with E-state index in [2.05, 4.69) is 36.7 Å². The topological polar surface area (TPSA) is 176 Å². The van der Waals surface area contributed by atoms with Gasteiger partial charge in [-0.15, -0.1) is 0 Å². The van der Waals surface area contributed by atoms with Crippen LogP contribution in [0.4, 0.5) is 0 Å². The zero-order valence-corrected chi connectivity index (χ0v) is 28.4. The molecule has 0 aliphatic carbocycles. The van der Waals surface area contributed by atoms with Crippen molar-refractivity contribution >= 4 is 17.7 Å². The van der Waals surface area contributed by atoms with Crippen LogP contribution in [0.3, 0.4) is 0 Å². The van der Waals surface area contributed by atoms with E-state index in [0.717, 1.165) is 38.5 Å². The van der Waals surface area contributed by atoms with E-state index in [1.807, 2.05) is 0 Å². The molecule has 0 spiro atoms. The molecule has 0 aliphatic heterocycles. The maximum Gasteiger partial charge on any atom is 0.220 e. The minimum Gasteiger partial charge on any atom is -0.394 e. The zero-order valence-electron chi connectivity index (χ0n) is 28.4. The van der Waals surface area contributed by atoms with E-state index >= 15 is 0 Å². The molecule has 2 atom stereocenters. The second-order valence-corrected chi connectivity index (χ2v) is 11.6. The standard InChI is InChI=1S/C33H65N3O9/c1-4-7-28(9-11-30(40)34-16-22-43-25-19-37)33(14-6-3,15-13-32(42)36-18-24-45-27-21-39)29(8-5-2)10-12-31(41)35-17-23-44-26-20-38/h28-29,37-39H,4-27H2,1-3H3,(H,34,40)(H,35,41)(H,36,42). The van der Waals surface area contributed by atoms with Crippen LogP contribution in [0.1, 0.15) is 97.8 Å². The summed E-state index contributed by atoms with van der Waals surface area (Å²) in [7, 11) is 0. The molecular weight excluding hydrogens is 582 g/mol. The lowest BCUT2D eigenvalue weighted by atomic mass is 9.57. The largest absolute Gasteiger partial charge is 0.394 e. The van der Waals surface area contributed by atoms with Crippen LogP contribution in [0.5, 0.6) is 0 Å². The number of aliphatic hydroxyl groups excluding tert-OH is 3. The number of aliphatic hydroxyl groups is 3. The van der Waals surface area contributed by atoms with E-state index in [0.29, 0.717) is 78.0 Å². The fourth-order valence-corrected chi connectivity index (χ4v) is 6.39. The SMILES string of the molecule is CCCC(CCC(=O)NCCOCCO)C(CCC)(CCC(=O)NCCOCCO)C(CCC)CCC(=O)NCCOCCO. The first-order valence-electron chi connectivity index (χ1n) is 17.2. The Labute approximate surface area is 271 Å². The van der Waals surface area contributed by atoms with Crippen molar-refractivity contribution in [2.45, 2.75) is 97.8 Å². The summed E-state index contributed by atoms with van der Waals surface area (Å²) in [6.07, 6.45) is 8.76. The highest BCUT2D eigenvalue weighted by atomic mass is 16.5. The highest BCUT2D eigenvalue weighted by Gasteiger charge is 2.43. The molecule has 2 unspecified atom stereocenters. The molecule has 0 aliphatic rings. The van der Waals surface area contributed by atoms with Crippen molar-refractivity contribution in [1.82, 2.24) is 16.0 Å². The first kappa shape index (κ1) is 43.2. The fraction of sp³-hybridized carbons (Fsp3) is 0.909. The summed E-state index contributed by atoms with van der Waals surface area (Å²) in [4.78, 5) is 38.6. The summed E-state index contributed by atoms with van der Waals surface area (Å²) in [6, 6.07) is 0. The Hall–Kier alpha value is -1.83. The Morgan fingerprint density at radius 2 is 0.911 bits per heavy atom. The molecule has 0 fully saturated rings. The quantitative estimate of drug-likeness (QED) is 0.0599. The Morgan fingerprint density at radius 3 is 1.24 bits per heavy atom. The van der Waals surface area contributed by atoms with Crippen molar-refractivity contribution < 1.29 is 43.9 Å². The van der Waals surface area contributed by atoms with E-state index in [-0.39, 0.29) is 74.6 Å². The molecule has 0 saturated carbocycles. The van der Waals surface area contributed by atoms with E-state index < -0.39 is 0 Å². The normalized spacial score (nSPS) is 14.0. The number of rotatable bonds is 32. The fourth-order valence-electron chi connectivity index (χ4n) is 6.39. The molecule has 0 rings (SSSR count). The predicted molar refractivity (Wildman–Crippen MR) is 175 cm³/mol. The molecule has 0 aromatic carbocycles. The van der Waals surface area contributed by atoms with Gasteiger partial charge in [-0.05, 0) is 42.9 Å². The van der Waals surface area contributed by atoms with Gasteiger partial charge >= 0.3 is 0 Å². The summed E-state index contributed by atoms with van der Waals surface area (Å²) in [6.45, 7) is 9.20. The molecule has 0 aromatic heterocycles. The van der Waals surface area contributed by atoms with Crippen molar-refractivity contribution in [2.24, 2.45) is 17.3 Å². The third kappa shape index (κ3) is 20.8. The maximum absolute atomic E-state index is 13.0. The van der Waals surface area contributed by atoms with Gasteiger partial charge in [0.1, 0.15) is 0 Å². The summed E-state index contributed by atoms with van der Waals surface area (Å²) in [5.74, 6) is 0.279. The van der Waals surface area contributed by atoms with E-state index in [1.165, 1.54) is 0 Å². The molecule has 12 nitrogen and oxygen atoms in total. The average molecular weight is 648 g/mol. The Morgan fingerprint density at radius 1 is 0.533 bits per heavy atom. The lowest BCUT2D eigenvalue weighted by Gasteiger charge is -2.48. The van der Waals surface area contributed by atoms with Crippen LogP contribution in [-0.2, 0) is 28.6 Å². The molecule has 0 saturated heterocycles. The van der Waals surface area contributed by atoms with Crippen molar-refractivity contribution in [2.75, 3.05) is 79.1 Å². The van der Waals surface area contributed by atoms with Gasteiger partial charge in [-0.25, -0.2) is 0 Å². The monoisotopic (exact) mass is 647 g/mol. The third-order valence-electron chi connectivity index (χ3n) is 8.29. The third-order valence-corrected chi connectivity index (χ3v) is 8.29. The Balaban J connectivity index is 5.86. The van der Waals surface area contributed by atoms with Gasteiger partial charge in [0.2, 0.25) is 17.7 Å². The van der Waals surface area contributed by atoms with Gasteiger partial charge in [0, 0.05) is 38.9 Å². The molecule has 45 heavy (non-hydrogen) atoms. The Kier molecular flexibility index (Phi) is 28.4. The molecule has 0 bridgehead atoms. The number of carbonyl (C=O) groups is 3. The van der Waals surface area contributed by atoms with E-state index in [9.17, 15) is 14.4 Å². The predicted octanol–water partition coefficient (Wildman–Crippen LogP) is 2.32. The number of carbonyl (C=O) groups excluding carboxylic acids is 3. The van der Waals surface area contributed by atoms with E-state index in [1.54, 1.807) is 0 Å². The van der Waals surface area contributed by atoms with Crippen LogP contribution in [0.2, 0.25) is 0 Å². The minimum atomic E-state index is -0.222. The number of nitrogens with one attached hydrogen (secondary N) is 3. The second kappa shape index (κ2) is 29.6. The molecule has 0 aromatic rings. The summed E-state index contributed by atoms with van der Waals surface area (Å²) >= 11 is 0. The van der Waals surface area contributed by atoms with Crippen molar-refractivity contribution in [1.29, 1.82) is 0 Å². The van der Waals surface area contributed by atoms with Gasteiger partial charge in [0.05, 0.1) is 59.5 Å². The lowest BCUT2D eigenvalue weighted by molar-refractivity contribution is -0.125. The molecule has 0 radical (unpaired) electrons. The van der Waals surface area contributed by atoms with Crippen LogP contribution < -0.4 is 16.0 Å². The molecule has 266 valence electrons. The molecule has 6 N–H and O–H groups in total. The number of hydrogen-bond donors (Lipinski definition) is 6. The van der Waals surface area contributed by atoms with Crippen LogP contribution in [0.15, 0.2) is 0 Å². The smallest absolute Gasteiger partial charge is 0.220 e. The van der Waals surface area contributed by atoms with Crippen molar-refractivity contribution in [3.8, 4) is 0 Å². The van der Waals surface area contributed by atoms with Gasteiger partial charge in [-0.3, -0.25) is 14.4 Å². The van der Waals surface area contributed by atoms with Crippen LogP contribution in [0, 0.1) is 17.3 Å². The van der Waals surface area contributed by atoms with Crippen LogP contribution in [-0.4, -0.2) is 112 Å². The number of ether oxygens (including phenoxy) is 3. The first-order valence-corrected chi connectivity index (χ1v) is 17.2. The second-order valence-electron chi connectivity index (χ2n) is 11.6. The zero-order chi connectivity index (χ0) is 33.6. The van der Waals surface area contributed by atoms with E-state index in [4.69, 9.17) is 29.5 Å². The molecule has 12 heteroatoms. The van der Waals surface area contributed by atoms with Gasteiger partial charge < -0.3 is 45.5 Å². The van der Waals surface area contributed by atoms with Gasteiger partial charge in [0.25, 0.3) is 0 Å². The number of hydrogen-bond acceptors (Lipinski definition) is 9. The minimum absolute atomic E-state index is 0.0374. The van der Waals surface area contributed by atoms with Crippen molar-refractivity contribution in [3.05, 3.63) is 0 Å². The first-order chi connectivity index (χ1) is 21.8. The van der Waals surface area contributed by atoms with Crippen LogP contribution in [0.25, 0.3) is 0 Å². The van der Waals surface area contributed by atoms with Crippen molar-refractivity contribution in [3.63, 3.8) is 0 Å². The summed E-state index contributed by atoms with van der Waals surface area (Å²) < 4.78 is 15.8. The maximum atomic E-state index is 13.0. The van der Waals surface area contributed by atoms with Gasteiger partial charge in [-0.2, -0.15) is 0 Å². The van der Waals surface area contributed by atoms with Crippen LogP contribution >= 0.6 is 0 Å². The Bertz CT molecular complexity index is 702. The number of amides is 3. The summed E-state index contributed by atoms with van der Waals surface area (Å²) in [5.41, 5.74) is -0.222. The summed E-state index contributed by atoms with van der Waals surface area (Å²) in [5, 5.41) is 35.4. The highest BCUT2D eigenvalue weighted by Crippen LogP contribution is 2.51. The molecule has 0 heterocycles.